The molecule has 0 saturated heterocycles. The maximum Gasteiger partial charge on any atom is 0.228 e. The van der Waals surface area contributed by atoms with Crippen LogP contribution in [0.2, 0.25) is 0 Å². The number of hydrogen-bond acceptors (Lipinski definition) is 3. The minimum atomic E-state index is -1.43. The molecule has 0 bridgehead atoms. The first-order valence-electron chi connectivity index (χ1n) is 9.51. The number of hydrogen-bond donors (Lipinski definition) is 2. The van der Waals surface area contributed by atoms with Gasteiger partial charge in [0.05, 0.1) is 23.2 Å². The highest BCUT2D eigenvalue weighted by Gasteiger charge is 2.15. The van der Waals surface area contributed by atoms with E-state index in [1.807, 2.05) is 37.4 Å². The predicted octanol–water partition coefficient (Wildman–Crippen LogP) is 3.73. The zero-order valence-electron chi connectivity index (χ0n) is 17.1. The maximum absolute atomic E-state index is 12.6. The van der Waals surface area contributed by atoms with Gasteiger partial charge in [-0.25, -0.2) is 13.6 Å². The molecule has 2 N–H and O–H groups in total. The largest absolute Gasteiger partial charge is 0.326 e. The van der Waals surface area contributed by atoms with Crippen molar-refractivity contribution >= 4 is 22.6 Å². The first kappa shape index (κ1) is 21.0. The molecule has 7 heteroatoms. The molecule has 0 aliphatic rings. The number of rotatable bonds is 7. The second-order valence-corrected chi connectivity index (χ2v) is 8.58. The van der Waals surface area contributed by atoms with Gasteiger partial charge in [-0.3, -0.25) is 4.79 Å². The molecular weight excluding hydrogens is 384 g/mol. The minimum Gasteiger partial charge on any atom is -0.326 e. The van der Waals surface area contributed by atoms with Gasteiger partial charge in [-0.05, 0) is 54.8 Å². The van der Waals surface area contributed by atoms with E-state index in [-0.39, 0.29) is 5.91 Å². The highest BCUT2D eigenvalue weighted by Crippen LogP contribution is 2.24. The van der Waals surface area contributed by atoms with E-state index in [0.29, 0.717) is 28.6 Å². The highest BCUT2D eigenvalue weighted by molar-refractivity contribution is 7.83. The quantitative estimate of drug-likeness (QED) is 0.623. The molecule has 1 heterocycles. The van der Waals surface area contributed by atoms with Crippen LogP contribution < -0.4 is 10.0 Å². The van der Waals surface area contributed by atoms with Gasteiger partial charge in [0.25, 0.3) is 0 Å². The molecule has 1 unspecified atom stereocenters. The van der Waals surface area contributed by atoms with Crippen LogP contribution >= 0.6 is 0 Å². The molecule has 0 spiro atoms. The topological polar surface area (TPSA) is 76.0 Å². The van der Waals surface area contributed by atoms with Crippen LogP contribution in [0.25, 0.3) is 5.69 Å². The SMILES string of the molecule is CNS(=O)c1cc(NC(=O)Cc2ccccc2C(C)C)ccc1-n1cc(C)cn1. The molecule has 1 amide bonds. The van der Waals surface area contributed by atoms with Crippen LogP contribution in [0.3, 0.4) is 0 Å². The van der Waals surface area contributed by atoms with Crippen LogP contribution in [-0.4, -0.2) is 26.9 Å². The molecule has 3 rings (SSSR count). The number of benzene rings is 2. The summed E-state index contributed by atoms with van der Waals surface area (Å²) in [6.07, 6.45) is 3.90. The number of carbonyl (C=O) groups is 1. The van der Waals surface area contributed by atoms with Gasteiger partial charge >= 0.3 is 0 Å². The molecule has 0 aliphatic heterocycles. The number of amides is 1. The third-order valence-electron chi connectivity index (χ3n) is 4.62. The summed E-state index contributed by atoms with van der Waals surface area (Å²) < 4.78 is 17.0. The van der Waals surface area contributed by atoms with E-state index in [1.165, 1.54) is 5.56 Å². The number of carbonyl (C=O) groups excluding carboxylic acids is 1. The molecule has 0 fully saturated rings. The second-order valence-electron chi connectivity index (χ2n) is 7.20. The van der Waals surface area contributed by atoms with Crippen LogP contribution in [0.15, 0.2) is 59.8 Å². The fraction of sp³-hybridized carbons (Fsp3) is 0.273. The fourth-order valence-corrected chi connectivity index (χ4v) is 4.03. The third kappa shape index (κ3) is 4.99. The first-order valence-corrected chi connectivity index (χ1v) is 10.7. The summed E-state index contributed by atoms with van der Waals surface area (Å²) in [5.41, 5.74) is 4.50. The van der Waals surface area contributed by atoms with Gasteiger partial charge in [-0.1, -0.05) is 38.1 Å². The van der Waals surface area contributed by atoms with Crippen molar-refractivity contribution in [1.29, 1.82) is 0 Å². The summed E-state index contributed by atoms with van der Waals surface area (Å²) in [7, 11) is 0.199. The summed E-state index contributed by atoms with van der Waals surface area (Å²) in [6.45, 7) is 6.18. The highest BCUT2D eigenvalue weighted by atomic mass is 32.2. The molecule has 3 aromatic rings. The number of nitrogens with one attached hydrogen (secondary N) is 2. The first-order chi connectivity index (χ1) is 13.9. The smallest absolute Gasteiger partial charge is 0.228 e. The zero-order valence-corrected chi connectivity index (χ0v) is 17.9. The predicted molar refractivity (Wildman–Crippen MR) is 117 cm³/mol. The van der Waals surface area contributed by atoms with Gasteiger partial charge in [0.2, 0.25) is 5.91 Å². The molecule has 6 nitrogen and oxygen atoms in total. The summed E-state index contributed by atoms with van der Waals surface area (Å²) in [4.78, 5) is 13.2. The Kier molecular flexibility index (Phi) is 6.61. The van der Waals surface area contributed by atoms with Gasteiger partial charge < -0.3 is 5.32 Å². The van der Waals surface area contributed by atoms with Crippen molar-refractivity contribution < 1.29 is 9.00 Å². The van der Waals surface area contributed by atoms with Gasteiger partial charge in [-0.2, -0.15) is 5.10 Å². The van der Waals surface area contributed by atoms with Crippen LogP contribution in [0.4, 0.5) is 5.69 Å². The van der Waals surface area contributed by atoms with Crippen LogP contribution in [0.1, 0.15) is 36.5 Å². The van der Waals surface area contributed by atoms with Gasteiger partial charge in [0.1, 0.15) is 11.0 Å². The summed E-state index contributed by atoms with van der Waals surface area (Å²) >= 11 is 0. The Morgan fingerprint density at radius 1 is 1.21 bits per heavy atom. The van der Waals surface area contributed by atoms with Crippen LogP contribution in [0, 0.1) is 6.92 Å². The lowest BCUT2D eigenvalue weighted by Gasteiger charge is -2.14. The molecule has 29 heavy (non-hydrogen) atoms. The van der Waals surface area contributed by atoms with Crippen molar-refractivity contribution in [3.63, 3.8) is 0 Å². The number of anilines is 1. The lowest BCUT2D eigenvalue weighted by molar-refractivity contribution is -0.115. The Labute approximate surface area is 173 Å². The minimum absolute atomic E-state index is 0.109. The molecule has 2 aromatic carbocycles. The Morgan fingerprint density at radius 3 is 2.62 bits per heavy atom. The molecule has 0 saturated carbocycles. The Hall–Kier alpha value is -2.77. The van der Waals surface area contributed by atoms with Crippen molar-refractivity contribution in [2.45, 2.75) is 38.0 Å². The van der Waals surface area contributed by atoms with Crippen molar-refractivity contribution in [1.82, 2.24) is 14.5 Å². The molecule has 0 radical (unpaired) electrons. The number of nitrogens with zero attached hydrogens (tertiary/aromatic N) is 2. The van der Waals surface area contributed by atoms with Crippen molar-refractivity contribution in [3.05, 3.63) is 71.5 Å². The van der Waals surface area contributed by atoms with E-state index in [2.05, 4.69) is 35.1 Å². The van der Waals surface area contributed by atoms with Crippen molar-refractivity contribution in [2.75, 3.05) is 12.4 Å². The van der Waals surface area contributed by atoms with Crippen LogP contribution in [0.5, 0.6) is 0 Å². The Balaban J connectivity index is 1.84. The van der Waals surface area contributed by atoms with E-state index in [4.69, 9.17) is 0 Å². The van der Waals surface area contributed by atoms with E-state index in [1.54, 1.807) is 30.1 Å². The van der Waals surface area contributed by atoms with Gasteiger partial charge in [0.15, 0.2) is 0 Å². The summed E-state index contributed by atoms with van der Waals surface area (Å²) in [6, 6.07) is 13.3. The average molecular weight is 411 g/mol. The lowest BCUT2D eigenvalue weighted by atomic mass is 9.95. The van der Waals surface area contributed by atoms with Crippen molar-refractivity contribution in [2.24, 2.45) is 0 Å². The standard InChI is InChI=1S/C22H26N4O2S/c1-15(2)19-8-6-5-7-17(19)11-22(27)25-18-9-10-20(21(12-18)29(28)23-4)26-14-16(3)13-24-26/h5-10,12-15,23H,11H2,1-4H3,(H,25,27). The molecule has 1 aromatic heterocycles. The van der Waals surface area contributed by atoms with Crippen LogP contribution in [-0.2, 0) is 22.2 Å². The van der Waals surface area contributed by atoms with E-state index in [0.717, 1.165) is 11.1 Å². The molecule has 152 valence electrons. The molecule has 1 atom stereocenters. The molecular formula is C22H26N4O2S. The summed E-state index contributed by atoms with van der Waals surface area (Å²) in [5.74, 6) is 0.238. The van der Waals surface area contributed by atoms with E-state index in [9.17, 15) is 9.00 Å². The summed E-state index contributed by atoms with van der Waals surface area (Å²) in [5, 5.41) is 7.23. The number of aryl methyl sites for hydroxylation is 1. The maximum atomic E-state index is 12.6. The van der Waals surface area contributed by atoms with Gasteiger partial charge in [-0.15, -0.1) is 0 Å². The normalized spacial score (nSPS) is 12.2. The average Bonchev–Trinajstić information content (AvgIpc) is 3.13. The Morgan fingerprint density at radius 2 is 1.97 bits per heavy atom. The fourth-order valence-electron chi connectivity index (χ4n) is 3.22. The second kappa shape index (κ2) is 9.15. The lowest BCUT2D eigenvalue weighted by Crippen LogP contribution is -2.17. The zero-order chi connectivity index (χ0) is 21.0. The monoisotopic (exact) mass is 410 g/mol. The number of aromatic nitrogens is 2. The van der Waals surface area contributed by atoms with E-state index < -0.39 is 11.0 Å². The van der Waals surface area contributed by atoms with E-state index >= 15 is 0 Å². The van der Waals surface area contributed by atoms with Gasteiger partial charge in [0, 0.05) is 11.9 Å². The Bertz CT molecular complexity index is 1040. The molecule has 0 aliphatic carbocycles. The van der Waals surface area contributed by atoms with Crippen molar-refractivity contribution in [3.8, 4) is 5.69 Å². The third-order valence-corrected chi connectivity index (χ3v) is 5.71.